The summed E-state index contributed by atoms with van der Waals surface area (Å²) in [6.45, 7) is 6.55. The average molecular weight is 373 g/mol. The predicted molar refractivity (Wildman–Crippen MR) is 109 cm³/mol. The van der Waals surface area contributed by atoms with E-state index in [-0.39, 0.29) is 10.7 Å². The standard InChI is InChI=1S/C22H25ClOS/c1-15-7-6-8-16(13-15)25-21(17-9-4-5-10-19(17)23)18-11-12-22(2,3)14-20(18)24/h4-10,13,21,24H,11-12,14H2,1-3H3. The van der Waals surface area contributed by atoms with E-state index in [1.165, 1.54) is 10.5 Å². The molecule has 0 amide bonds. The van der Waals surface area contributed by atoms with Gasteiger partial charge in [-0.3, -0.25) is 0 Å². The molecule has 2 aromatic rings. The number of aliphatic hydroxyl groups is 1. The molecule has 0 saturated carbocycles. The molecule has 0 fully saturated rings. The monoisotopic (exact) mass is 372 g/mol. The molecule has 3 heteroatoms. The molecule has 0 bridgehead atoms. The number of benzene rings is 2. The van der Waals surface area contributed by atoms with Gasteiger partial charge in [0.25, 0.3) is 0 Å². The third kappa shape index (κ3) is 4.43. The molecule has 0 spiro atoms. The molecule has 1 nitrogen and oxygen atoms in total. The zero-order valence-electron chi connectivity index (χ0n) is 15.1. The summed E-state index contributed by atoms with van der Waals surface area (Å²) in [6, 6.07) is 16.5. The van der Waals surface area contributed by atoms with Gasteiger partial charge in [-0.1, -0.05) is 61.3 Å². The normalized spacial score (nSPS) is 18.2. The van der Waals surface area contributed by atoms with E-state index in [1.54, 1.807) is 11.8 Å². The molecular weight excluding hydrogens is 348 g/mol. The number of thioether (sulfide) groups is 1. The summed E-state index contributed by atoms with van der Waals surface area (Å²) in [5.74, 6) is 0.543. The highest BCUT2D eigenvalue weighted by Crippen LogP contribution is 2.50. The van der Waals surface area contributed by atoms with Crippen LogP contribution in [0.25, 0.3) is 0 Å². The SMILES string of the molecule is Cc1cccc(SC(C2=C(O)CC(C)(C)CC2)c2ccccc2Cl)c1. The van der Waals surface area contributed by atoms with Gasteiger partial charge in [0.15, 0.2) is 0 Å². The van der Waals surface area contributed by atoms with Gasteiger partial charge in [-0.25, -0.2) is 0 Å². The number of rotatable bonds is 4. The summed E-state index contributed by atoms with van der Waals surface area (Å²) in [5, 5.41) is 11.6. The Morgan fingerprint density at radius 1 is 1.12 bits per heavy atom. The fourth-order valence-corrected chi connectivity index (χ4v) is 5.11. The quantitative estimate of drug-likeness (QED) is 0.560. The molecule has 2 aromatic carbocycles. The number of halogens is 1. The van der Waals surface area contributed by atoms with Crippen LogP contribution < -0.4 is 0 Å². The molecule has 0 aliphatic heterocycles. The Morgan fingerprint density at radius 2 is 1.88 bits per heavy atom. The van der Waals surface area contributed by atoms with Crippen molar-refractivity contribution < 1.29 is 5.11 Å². The lowest BCUT2D eigenvalue weighted by molar-refractivity contribution is 0.238. The second kappa shape index (κ2) is 7.47. The van der Waals surface area contributed by atoms with E-state index in [9.17, 15) is 5.11 Å². The van der Waals surface area contributed by atoms with E-state index >= 15 is 0 Å². The average Bonchev–Trinajstić information content (AvgIpc) is 2.53. The summed E-state index contributed by atoms with van der Waals surface area (Å²) in [4.78, 5) is 1.20. The molecule has 1 N–H and O–H groups in total. The van der Waals surface area contributed by atoms with Gasteiger partial charge < -0.3 is 5.11 Å². The molecule has 1 unspecified atom stereocenters. The third-order valence-corrected chi connectivity index (χ3v) is 6.48. The zero-order chi connectivity index (χ0) is 18.0. The van der Waals surface area contributed by atoms with Gasteiger partial charge in [-0.15, -0.1) is 11.8 Å². The van der Waals surface area contributed by atoms with Crippen molar-refractivity contribution in [1.82, 2.24) is 0 Å². The van der Waals surface area contributed by atoms with Crippen LogP contribution in [0.1, 0.15) is 49.5 Å². The third-order valence-electron chi connectivity index (χ3n) is 4.84. The first-order chi connectivity index (χ1) is 11.9. The van der Waals surface area contributed by atoms with Crippen molar-refractivity contribution in [3.8, 4) is 0 Å². The first-order valence-electron chi connectivity index (χ1n) is 8.74. The number of hydrogen-bond donors (Lipinski definition) is 1. The van der Waals surface area contributed by atoms with Gasteiger partial charge in [-0.05, 0) is 54.5 Å². The lowest BCUT2D eigenvalue weighted by Crippen LogP contribution is -2.20. The fourth-order valence-electron chi connectivity index (χ4n) is 3.39. The molecule has 1 aliphatic carbocycles. The minimum Gasteiger partial charge on any atom is -0.512 e. The number of aliphatic hydroxyl groups excluding tert-OH is 1. The predicted octanol–water partition coefficient (Wildman–Crippen LogP) is 7.50. The van der Waals surface area contributed by atoms with Crippen molar-refractivity contribution in [3.63, 3.8) is 0 Å². The van der Waals surface area contributed by atoms with E-state index in [0.717, 1.165) is 35.4 Å². The molecule has 0 radical (unpaired) electrons. The Labute approximate surface area is 160 Å². The van der Waals surface area contributed by atoms with Crippen LogP contribution in [-0.2, 0) is 0 Å². The van der Waals surface area contributed by atoms with E-state index in [0.29, 0.717) is 5.76 Å². The number of allylic oxidation sites excluding steroid dienone is 1. The van der Waals surface area contributed by atoms with Crippen LogP contribution in [0.4, 0.5) is 0 Å². The Kier molecular flexibility index (Phi) is 5.50. The van der Waals surface area contributed by atoms with Crippen LogP contribution >= 0.6 is 23.4 Å². The molecule has 1 atom stereocenters. The Balaban J connectivity index is 2.02. The van der Waals surface area contributed by atoms with Crippen LogP contribution in [0.5, 0.6) is 0 Å². The minimum atomic E-state index is 0.0478. The molecular formula is C22H25ClOS. The lowest BCUT2D eigenvalue weighted by atomic mass is 9.76. The maximum Gasteiger partial charge on any atom is 0.0934 e. The second-order valence-electron chi connectivity index (χ2n) is 7.65. The Morgan fingerprint density at radius 3 is 2.56 bits per heavy atom. The highest BCUT2D eigenvalue weighted by Gasteiger charge is 2.32. The van der Waals surface area contributed by atoms with Crippen molar-refractivity contribution in [2.24, 2.45) is 5.41 Å². The van der Waals surface area contributed by atoms with Crippen molar-refractivity contribution in [2.75, 3.05) is 0 Å². The first kappa shape index (κ1) is 18.4. The maximum atomic E-state index is 10.8. The molecule has 1 aliphatic rings. The Hall–Kier alpha value is -1.38. The summed E-state index contributed by atoms with van der Waals surface area (Å²) in [5.41, 5.74) is 3.61. The molecule has 0 heterocycles. The largest absolute Gasteiger partial charge is 0.512 e. The van der Waals surface area contributed by atoms with Crippen LogP contribution in [0, 0.1) is 12.3 Å². The summed E-state index contributed by atoms with van der Waals surface area (Å²) < 4.78 is 0. The highest BCUT2D eigenvalue weighted by molar-refractivity contribution is 7.99. The summed E-state index contributed by atoms with van der Waals surface area (Å²) >= 11 is 8.30. The van der Waals surface area contributed by atoms with Crippen molar-refractivity contribution in [2.45, 2.75) is 50.2 Å². The van der Waals surface area contributed by atoms with Gasteiger partial charge >= 0.3 is 0 Å². The van der Waals surface area contributed by atoms with Crippen LogP contribution in [-0.4, -0.2) is 5.11 Å². The van der Waals surface area contributed by atoms with Gasteiger partial charge in [-0.2, -0.15) is 0 Å². The molecule has 25 heavy (non-hydrogen) atoms. The van der Waals surface area contributed by atoms with Crippen LogP contribution in [0.15, 0.2) is 64.8 Å². The minimum absolute atomic E-state index is 0.0478. The smallest absolute Gasteiger partial charge is 0.0934 e. The topological polar surface area (TPSA) is 20.2 Å². The molecule has 3 rings (SSSR count). The zero-order valence-corrected chi connectivity index (χ0v) is 16.6. The molecule has 0 saturated heterocycles. The highest BCUT2D eigenvalue weighted by atomic mass is 35.5. The molecule has 0 aromatic heterocycles. The number of hydrogen-bond acceptors (Lipinski definition) is 2. The van der Waals surface area contributed by atoms with Gasteiger partial charge in [0.2, 0.25) is 0 Å². The lowest BCUT2D eigenvalue weighted by Gasteiger charge is -2.34. The van der Waals surface area contributed by atoms with E-state index < -0.39 is 0 Å². The van der Waals surface area contributed by atoms with Crippen molar-refractivity contribution >= 4 is 23.4 Å². The van der Waals surface area contributed by atoms with Crippen LogP contribution in [0.3, 0.4) is 0 Å². The van der Waals surface area contributed by atoms with E-state index in [2.05, 4.69) is 51.1 Å². The van der Waals surface area contributed by atoms with E-state index in [1.807, 2.05) is 18.2 Å². The fraction of sp³-hybridized carbons (Fsp3) is 0.364. The van der Waals surface area contributed by atoms with Gasteiger partial charge in [0.1, 0.15) is 0 Å². The summed E-state index contributed by atoms with van der Waals surface area (Å²) in [6.07, 6.45) is 2.73. The second-order valence-corrected chi connectivity index (χ2v) is 9.23. The Bertz CT molecular complexity index is 794. The summed E-state index contributed by atoms with van der Waals surface area (Å²) in [7, 11) is 0. The van der Waals surface area contributed by atoms with Gasteiger partial charge in [0, 0.05) is 16.3 Å². The first-order valence-corrected chi connectivity index (χ1v) is 10.0. The molecule has 132 valence electrons. The van der Waals surface area contributed by atoms with Gasteiger partial charge in [0.05, 0.1) is 11.0 Å². The van der Waals surface area contributed by atoms with Crippen LogP contribution in [0.2, 0.25) is 5.02 Å². The van der Waals surface area contributed by atoms with Crippen molar-refractivity contribution in [3.05, 3.63) is 76.0 Å². The van der Waals surface area contributed by atoms with E-state index in [4.69, 9.17) is 11.6 Å². The maximum absolute atomic E-state index is 10.8. The number of aryl methyl sites for hydroxylation is 1. The van der Waals surface area contributed by atoms with Crippen molar-refractivity contribution in [1.29, 1.82) is 0 Å².